The third-order valence-corrected chi connectivity index (χ3v) is 14.2. The highest BCUT2D eigenvalue weighted by atomic mass is 32.3. The van der Waals surface area contributed by atoms with Gasteiger partial charge in [0.05, 0.1) is 55.7 Å². The van der Waals surface area contributed by atoms with Crippen LogP contribution in [0.2, 0.25) is 0 Å². The van der Waals surface area contributed by atoms with Gasteiger partial charge in [-0.2, -0.15) is 31.8 Å². The maximum Gasteiger partial charge on any atom is 0.296 e. The first-order chi connectivity index (χ1) is 34.0. The van der Waals surface area contributed by atoms with E-state index in [-0.39, 0.29) is 85.8 Å². The van der Waals surface area contributed by atoms with Crippen molar-refractivity contribution in [3.8, 4) is 0 Å². The second-order valence-electron chi connectivity index (χ2n) is 16.6. The van der Waals surface area contributed by atoms with Gasteiger partial charge in [0.1, 0.15) is 21.6 Å². The van der Waals surface area contributed by atoms with Gasteiger partial charge in [0.15, 0.2) is 23.1 Å². The number of nitrogens with two attached hydrogens (primary N) is 2. The van der Waals surface area contributed by atoms with E-state index in [0.29, 0.717) is 11.4 Å². The molecule has 0 saturated heterocycles. The molecular weight excluding hydrogens is 995 g/mol. The van der Waals surface area contributed by atoms with Crippen LogP contribution >= 0.6 is 10.9 Å². The van der Waals surface area contributed by atoms with Gasteiger partial charge in [0.2, 0.25) is 11.9 Å². The minimum Gasteiger partial charge on any atom is -0.397 e. The fourth-order valence-electron chi connectivity index (χ4n) is 8.32. The van der Waals surface area contributed by atoms with E-state index in [1.807, 2.05) is 0 Å². The highest BCUT2D eigenvalue weighted by molar-refractivity contribution is 8.19. The first kappa shape index (κ1) is 48.9. The van der Waals surface area contributed by atoms with Gasteiger partial charge < -0.3 is 46.4 Å². The molecule has 0 aliphatic heterocycles. The van der Waals surface area contributed by atoms with Crippen LogP contribution in [0.1, 0.15) is 88.8 Å². The predicted octanol–water partition coefficient (Wildman–Crippen LogP) is 7.77. The average Bonchev–Trinajstić information content (AvgIpc) is 3.31. The van der Waals surface area contributed by atoms with Crippen molar-refractivity contribution in [3.63, 3.8) is 0 Å². The second-order valence-corrected chi connectivity index (χ2v) is 21.0. The summed E-state index contributed by atoms with van der Waals surface area (Å²) >= 11 is 0. The number of aromatic nitrogens is 3. The van der Waals surface area contributed by atoms with E-state index >= 15 is 0 Å². The van der Waals surface area contributed by atoms with Gasteiger partial charge in [0, 0.05) is 50.9 Å². The second kappa shape index (κ2) is 18.2. The lowest BCUT2D eigenvalue weighted by Crippen LogP contribution is -2.25. The van der Waals surface area contributed by atoms with Crippen LogP contribution in [-0.4, -0.2) is 83.4 Å². The molecule has 6 aromatic carbocycles. The highest BCUT2D eigenvalue weighted by Gasteiger charge is 2.38. The smallest absolute Gasteiger partial charge is 0.296 e. The summed E-state index contributed by atoms with van der Waals surface area (Å²) in [6, 6.07) is 26.5. The molecule has 1 atom stereocenters. The molecule has 0 bridgehead atoms. The number of nitrogen functional groups attached to an aromatic ring is 2. The fraction of sp³-hybridized carbons (Fsp3) is 0.0851. The largest absolute Gasteiger partial charge is 0.397 e. The topological polar surface area (TPSA) is 377 Å². The van der Waals surface area contributed by atoms with Gasteiger partial charge in [-0.05, 0) is 55.0 Å². The molecule has 0 fully saturated rings. The SMILES string of the molecule is CC(CCS(=O)(=O)O)c1nc(Nc2cccc(Nc3cc(S(O)(O)O)c(N)c4c3C(=O)c3ccccc3C4=O)c2)nc(Nc2cccc(Nc3cc(S(=O)(=O)O)c(N)c4c3C(=O)c3ccccc3C4=O)c2)n1. The summed E-state index contributed by atoms with van der Waals surface area (Å²) in [6.07, 6.45) is -0.109. The number of nitrogens with one attached hydrogen (secondary N) is 4. The molecule has 9 rings (SSSR count). The predicted molar refractivity (Wildman–Crippen MR) is 267 cm³/mol. The number of rotatable bonds is 14. The molecule has 25 heteroatoms. The summed E-state index contributed by atoms with van der Waals surface area (Å²) in [7, 11) is -13.9. The number of hydrogen-bond acceptors (Lipinski definition) is 20. The Balaban J connectivity index is 1.05. The summed E-state index contributed by atoms with van der Waals surface area (Å²) in [5, 5.41) is 12.1. The molecule has 0 radical (unpaired) electrons. The van der Waals surface area contributed by atoms with Crippen LogP contribution in [-0.2, 0) is 20.2 Å². The molecule has 1 unspecified atom stereocenters. The quantitative estimate of drug-likeness (QED) is 0.0366. The number of carbonyl (C=O) groups is 4. The molecule has 0 saturated carbocycles. The van der Waals surface area contributed by atoms with Crippen molar-refractivity contribution in [2.24, 2.45) is 0 Å². The zero-order valence-corrected chi connectivity index (χ0v) is 39.6. The van der Waals surface area contributed by atoms with Gasteiger partial charge in [-0.15, -0.1) is 0 Å². The maximum absolute atomic E-state index is 13.9. The number of carbonyl (C=O) groups excluding carboxylic acids is 4. The number of anilines is 10. The molecule has 2 aliphatic rings. The number of nitrogens with zero attached hydrogens (tertiary/aromatic N) is 3. The standard InChI is InChI=1S/C47H39N9O13S3/c1-22(16-17-70(61,62)63)45-54-46(52-25-10-6-8-23(18-25)50-31-20-33(71(64,65)66)39(48)37-35(31)41(57)27-12-2-4-14-29(27)43(37)59)56-47(55-45)53-26-11-7-9-24(19-26)51-32-21-34(72(67,68)69)40(49)38-36(32)42(58)28-13-3-5-15-30(28)44(38)60/h2-15,18-22,50-51,64-66H,16-17,48-49H2,1H3,(H,61,62,63)(H,67,68,69)(H2,52,53,54,55,56). The summed E-state index contributed by atoms with van der Waals surface area (Å²) in [6.45, 7) is 1.62. The first-order valence-electron chi connectivity index (χ1n) is 21.2. The van der Waals surface area contributed by atoms with E-state index in [0.717, 1.165) is 12.1 Å². The van der Waals surface area contributed by atoms with E-state index in [1.165, 1.54) is 42.5 Å². The Morgan fingerprint density at radius 2 is 0.875 bits per heavy atom. The lowest BCUT2D eigenvalue weighted by molar-refractivity contribution is 0.0980. The molecule has 22 nitrogen and oxygen atoms in total. The Bertz CT molecular complexity index is 3740. The zero-order chi connectivity index (χ0) is 51.6. The third-order valence-electron chi connectivity index (χ3n) is 11.7. The molecule has 0 spiro atoms. The van der Waals surface area contributed by atoms with Crippen molar-refractivity contribution >= 4 is 112 Å². The van der Waals surface area contributed by atoms with Crippen LogP contribution in [0, 0.1) is 0 Å². The van der Waals surface area contributed by atoms with E-state index in [4.69, 9.17) is 11.5 Å². The monoisotopic (exact) mass is 1030 g/mol. The van der Waals surface area contributed by atoms with Crippen molar-refractivity contribution in [2.75, 3.05) is 38.5 Å². The van der Waals surface area contributed by atoms with Gasteiger partial charge in [0.25, 0.3) is 20.2 Å². The molecule has 368 valence electrons. The van der Waals surface area contributed by atoms with Gasteiger partial charge >= 0.3 is 0 Å². The molecule has 1 aromatic heterocycles. The Hall–Kier alpha value is -8.14. The van der Waals surface area contributed by atoms with E-state index in [9.17, 15) is 58.8 Å². The highest BCUT2D eigenvalue weighted by Crippen LogP contribution is 2.52. The van der Waals surface area contributed by atoms with Crippen molar-refractivity contribution < 1.29 is 58.8 Å². The van der Waals surface area contributed by atoms with E-state index in [1.54, 1.807) is 61.5 Å². The minimum absolute atomic E-state index is 0.00544. The van der Waals surface area contributed by atoms with Crippen molar-refractivity contribution in [1.29, 1.82) is 0 Å². The summed E-state index contributed by atoms with van der Waals surface area (Å²) in [4.78, 5) is 67.4. The normalized spacial score (nSPS) is 13.9. The Morgan fingerprint density at radius 3 is 1.26 bits per heavy atom. The number of benzene rings is 6. The molecule has 7 aromatic rings. The van der Waals surface area contributed by atoms with E-state index < -0.39 is 92.6 Å². The molecule has 1 heterocycles. The van der Waals surface area contributed by atoms with E-state index in [2.05, 4.69) is 36.2 Å². The Kier molecular flexibility index (Phi) is 12.4. The first-order valence-corrected chi connectivity index (χ1v) is 25.8. The summed E-state index contributed by atoms with van der Waals surface area (Å²) in [5.74, 6) is -4.05. The molecule has 2 aliphatic carbocycles. The van der Waals surface area contributed by atoms with Crippen molar-refractivity contribution in [3.05, 3.63) is 160 Å². The van der Waals surface area contributed by atoms with Crippen molar-refractivity contribution in [2.45, 2.75) is 29.1 Å². The zero-order valence-electron chi connectivity index (χ0n) is 37.1. The number of hydrogen-bond donors (Lipinski definition) is 11. The Morgan fingerprint density at radius 1 is 0.500 bits per heavy atom. The van der Waals surface area contributed by atoms with Crippen LogP contribution in [0.25, 0.3) is 0 Å². The van der Waals surface area contributed by atoms with Crippen LogP contribution < -0.4 is 32.7 Å². The van der Waals surface area contributed by atoms with Gasteiger partial charge in [-0.25, -0.2) is 0 Å². The number of ketones is 4. The van der Waals surface area contributed by atoms with Crippen LogP contribution in [0.5, 0.6) is 0 Å². The fourth-order valence-corrected chi connectivity index (χ4v) is 10.3. The molecule has 13 N–H and O–H groups in total. The average molecular weight is 1030 g/mol. The van der Waals surface area contributed by atoms with Gasteiger partial charge in [-0.1, -0.05) is 67.6 Å². The lowest BCUT2D eigenvalue weighted by Gasteiger charge is -2.28. The van der Waals surface area contributed by atoms with Crippen molar-refractivity contribution in [1.82, 2.24) is 15.0 Å². The van der Waals surface area contributed by atoms with Crippen LogP contribution in [0.15, 0.2) is 119 Å². The number of fused-ring (bicyclic) bond motifs is 4. The molecule has 72 heavy (non-hydrogen) atoms. The summed E-state index contributed by atoms with van der Waals surface area (Å²) in [5.41, 5.74) is 11.1. The van der Waals surface area contributed by atoms with Crippen LogP contribution in [0.4, 0.5) is 57.4 Å². The minimum atomic E-state index is -5.01. The summed E-state index contributed by atoms with van der Waals surface area (Å²) < 4.78 is 99.1. The third kappa shape index (κ3) is 9.43. The molecular formula is C47H39N9O13S3. The van der Waals surface area contributed by atoms with Crippen LogP contribution in [0.3, 0.4) is 0 Å². The molecule has 0 amide bonds. The van der Waals surface area contributed by atoms with Gasteiger partial charge in [-0.3, -0.25) is 28.3 Å². The lowest BCUT2D eigenvalue weighted by atomic mass is 9.82. The Labute approximate surface area is 410 Å². The maximum atomic E-state index is 13.9.